The summed E-state index contributed by atoms with van der Waals surface area (Å²) in [6.45, 7) is 12.4. The molecule has 2 N–H and O–H groups in total. The molecule has 0 atom stereocenters. The van der Waals surface area contributed by atoms with Crippen LogP contribution in [0.25, 0.3) is 0 Å². The van der Waals surface area contributed by atoms with Gasteiger partial charge in [0.15, 0.2) is 0 Å². The van der Waals surface area contributed by atoms with E-state index in [1.165, 1.54) is 22.3 Å². The fourth-order valence-electron chi connectivity index (χ4n) is 1.27. The van der Waals surface area contributed by atoms with Crippen molar-refractivity contribution in [3.05, 3.63) is 70.8 Å². The van der Waals surface area contributed by atoms with Crippen LogP contribution < -0.4 is 0 Å². The second-order valence-corrected chi connectivity index (χ2v) is 4.31. The lowest BCUT2D eigenvalue weighted by Gasteiger charge is -1.90. The Labute approximate surface area is 118 Å². The topological polar surface area (TPSA) is 31.5 Å². The average Bonchev–Trinajstić information content (AvgIpc) is 2.40. The van der Waals surface area contributed by atoms with E-state index in [0.29, 0.717) is 0 Å². The van der Waals surface area contributed by atoms with Crippen molar-refractivity contribution in [2.45, 2.75) is 41.5 Å². The highest BCUT2D eigenvalue weighted by atomic mass is 16.0. The third-order valence-electron chi connectivity index (χ3n) is 2.44. The van der Waals surface area contributed by atoms with Crippen molar-refractivity contribution in [1.29, 1.82) is 0 Å². The summed E-state index contributed by atoms with van der Waals surface area (Å²) in [6, 6.07) is 17.0. The van der Waals surface area contributed by atoms with Crippen LogP contribution in [0.3, 0.4) is 0 Å². The second kappa shape index (κ2) is 11.5. The van der Waals surface area contributed by atoms with Crippen LogP contribution in [0.15, 0.2) is 48.5 Å². The van der Waals surface area contributed by atoms with E-state index in [4.69, 9.17) is 0 Å². The minimum Gasteiger partial charge on any atom is -0.412 e. The van der Waals surface area contributed by atoms with E-state index in [9.17, 15) is 0 Å². The molecule has 0 aliphatic heterocycles. The largest absolute Gasteiger partial charge is 0.412 e. The van der Waals surface area contributed by atoms with Gasteiger partial charge in [-0.15, -0.1) is 0 Å². The van der Waals surface area contributed by atoms with Gasteiger partial charge in [0.2, 0.25) is 0 Å². The number of hydrogen-bond acceptors (Lipinski definition) is 0. The fourth-order valence-corrected chi connectivity index (χ4v) is 1.27. The molecule has 2 aromatic rings. The molecule has 2 aromatic carbocycles. The highest BCUT2D eigenvalue weighted by Gasteiger charge is 1.80. The Morgan fingerprint density at radius 2 is 0.526 bits per heavy atom. The zero-order valence-corrected chi connectivity index (χ0v) is 13.1. The maximum absolute atomic E-state index is 2.12. The van der Waals surface area contributed by atoms with E-state index < -0.39 is 0 Å². The lowest BCUT2D eigenvalue weighted by Crippen LogP contribution is -1.70. The molecule has 0 spiro atoms. The van der Waals surface area contributed by atoms with E-state index in [1.807, 2.05) is 13.8 Å². The molecule has 0 heterocycles. The molecule has 0 radical (unpaired) electrons. The molecule has 0 aliphatic rings. The summed E-state index contributed by atoms with van der Waals surface area (Å²) in [6.07, 6.45) is 0. The first-order valence-electron chi connectivity index (χ1n) is 6.64. The Hall–Kier alpha value is -1.60. The summed E-state index contributed by atoms with van der Waals surface area (Å²) >= 11 is 0. The van der Waals surface area contributed by atoms with Crippen molar-refractivity contribution < 1.29 is 5.48 Å². The summed E-state index contributed by atoms with van der Waals surface area (Å²) in [5.41, 5.74) is 5.32. The van der Waals surface area contributed by atoms with E-state index >= 15 is 0 Å². The molecule has 0 fully saturated rings. The van der Waals surface area contributed by atoms with Crippen LogP contribution in [0.2, 0.25) is 0 Å². The van der Waals surface area contributed by atoms with Crippen LogP contribution in [-0.4, -0.2) is 5.48 Å². The molecule has 0 bridgehead atoms. The Bertz CT molecular complexity index is 327. The van der Waals surface area contributed by atoms with Gasteiger partial charge in [-0.05, 0) is 27.7 Å². The first kappa shape index (κ1) is 19.7. The van der Waals surface area contributed by atoms with Crippen LogP contribution in [0, 0.1) is 27.7 Å². The Morgan fingerprint density at radius 1 is 0.421 bits per heavy atom. The van der Waals surface area contributed by atoms with Crippen molar-refractivity contribution in [3.8, 4) is 0 Å². The van der Waals surface area contributed by atoms with Crippen molar-refractivity contribution in [1.82, 2.24) is 0 Å². The minimum absolute atomic E-state index is 0. The zero-order valence-electron chi connectivity index (χ0n) is 13.1. The van der Waals surface area contributed by atoms with Gasteiger partial charge in [0.1, 0.15) is 0 Å². The van der Waals surface area contributed by atoms with Gasteiger partial charge >= 0.3 is 0 Å². The standard InChI is InChI=1S/2C8H10.C2H6.H2O/c2*1-7-3-5-8(2)6-4-7;1-2;/h2*3-6H,1-2H3;1-2H3;1H2. The second-order valence-electron chi connectivity index (χ2n) is 4.31. The SMILES string of the molecule is CC.Cc1ccc(C)cc1.Cc1ccc(C)cc1.O. The lowest BCUT2D eigenvalue weighted by atomic mass is 10.2. The molecule has 1 nitrogen and oxygen atoms in total. The number of rotatable bonds is 0. The molecule has 2 rings (SSSR count). The van der Waals surface area contributed by atoms with E-state index in [0.717, 1.165) is 0 Å². The smallest absolute Gasteiger partial charge is 0.0398 e. The predicted octanol–water partition coefficient (Wildman–Crippen LogP) is 4.81. The minimum atomic E-state index is 0. The lowest BCUT2D eigenvalue weighted by molar-refractivity contribution is 0.824. The van der Waals surface area contributed by atoms with Crippen LogP contribution in [-0.2, 0) is 0 Å². The third-order valence-corrected chi connectivity index (χ3v) is 2.44. The van der Waals surface area contributed by atoms with Crippen molar-refractivity contribution in [3.63, 3.8) is 0 Å². The molecule has 0 saturated carbocycles. The molecular weight excluding hydrogens is 232 g/mol. The summed E-state index contributed by atoms with van der Waals surface area (Å²) in [4.78, 5) is 0. The van der Waals surface area contributed by atoms with Crippen molar-refractivity contribution in [2.75, 3.05) is 0 Å². The van der Waals surface area contributed by atoms with Gasteiger partial charge in [-0.1, -0.05) is 84.6 Å². The quantitative estimate of drug-likeness (QED) is 0.651. The molecule has 0 amide bonds. The van der Waals surface area contributed by atoms with E-state index in [2.05, 4.69) is 76.2 Å². The predicted molar refractivity (Wildman–Crippen MR) is 86.8 cm³/mol. The van der Waals surface area contributed by atoms with Crippen molar-refractivity contribution >= 4 is 0 Å². The highest BCUT2D eigenvalue weighted by Crippen LogP contribution is 2.00. The summed E-state index contributed by atoms with van der Waals surface area (Å²) in [5.74, 6) is 0. The fraction of sp³-hybridized carbons (Fsp3) is 0.333. The molecule has 0 aromatic heterocycles. The zero-order chi connectivity index (χ0) is 14.0. The van der Waals surface area contributed by atoms with E-state index in [1.54, 1.807) is 0 Å². The number of aryl methyl sites for hydroxylation is 4. The van der Waals surface area contributed by atoms with Crippen LogP contribution >= 0.6 is 0 Å². The van der Waals surface area contributed by atoms with Crippen molar-refractivity contribution in [2.24, 2.45) is 0 Å². The molecule has 1 heteroatoms. The molecule has 0 saturated heterocycles. The Kier molecular flexibility index (Phi) is 11.9. The molecule has 0 aliphatic carbocycles. The number of benzene rings is 2. The molecule has 106 valence electrons. The molecule has 0 unspecified atom stereocenters. The van der Waals surface area contributed by atoms with Gasteiger partial charge < -0.3 is 5.48 Å². The first-order chi connectivity index (χ1) is 8.58. The van der Waals surface area contributed by atoms with Gasteiger partial charge in [-0.25, -0.2) is 0 Å². The molecular formula is C18H28O. The average molecular weight is 260 g/mol. The van der Waals surface area contributed by atoms with Gasteiger partial charge in [0.05, 0.1) is 0 Å². The van der Waals surface area contributed by atoms with Crippen LogP contribution in [0.5, 0.6) is 0 Å². The van der Waals surface area contributed by atoms with Gasteiger partial charge in [0.25, 0.3) is 0 Å². The maximum Gasteiger partial charge on any atom is -0.0398 e. The van der Waals surface area contributed by atoms with E-state index in [-0.39, 0.29) is 5.48 Å². The highest BCUT2D eigenvalue weighted by molar-refractivity contribution is 5.20. The maximum atomic E-state index is 2.12. The Morgan fingerprint density at radius 3 is 0.632 bits per heavy atom. The van der Waals surface area contributed by atoms with Gasteiger partial charge in [-0.2, -0.15) is 0 Å². The molecule has 19 heavy (non-hydrogen) atoms. The van der Waals surface area contributed by atoms with Crippen LogP contribution in [0.1, 0.15) is 36.1 Å². The van der Waals surface area contributed by atoms with Gasteiger partial charge in [-0.3, -0.25) is 0 Å². The Balaban J connectivity index is 0. The monoisotopic (exact) mass is 260 g/mol. The van der Waals surface area contributed by atoms with Gasteiger partial charge in [0, 0.05) is 0 Å². The summed E-state index contributed by atoms with van der Waals surface area (Å²) in [5, 5.41) is 0. The number of hydrogen-bond donors (Lipinski definition) is 0. The third kappa shape index (κ3) is 10.0. The van der Waals surface area contributed by atoms with Crippen LogP contribution in [0.4, 0.5) is 0 Å². The first-order valence-corrected chi connectivity index (χ1v) is 6.64. The summed E-state index contributed by atoms with van der Waals surface area (Å²) < 4.78 is 0. The normalized spacial score (nSPS) is 8.11. The summed E-state index contributed by atoms with van der Waals surface area (Å²) in [7, 11) is 0.